The van der Waals surface area contributed by atoms with Gasteiger partial charge in [-0.05, 0) is 29.8 Å². The van der Waals surface area contributed by atoms with Crippen LogP contribution in [0.1, 0.15) is 17.2 Å². The minimum absolute atomic E-state index is 0.0522. The van der Waals surface area contributed by atoms with E-state index in [4.69, 9.17) is 4.74 Å². The number of benzene rings is 3. The molecule has 1 amide bonds. The first-order valence-corrected chi connectivity index (χ1v) is 10.1. The number of hydrogen-bond donors (Lipinski definition) is 1. The van der Waals surface area contributed by atoms with Crippen LogP contribution in [0.25, 0.3) is 5.76 Å². The number of methoxy groups -OCH3 is 1. The van der Waals surface area contributed by atoms with Crippen LogP contribution in [0.15, 0.2) is 88.9 Å². The summed E-state index contributed by atoms with van der Waals surface area (Å²) in [4.78, 5) is 27.5. The predicted octanol–water partition coefficient (Wildman–Crippen LogP) is 5.08. The van der Waals surface area contributed by atoms with E-state index >= 15 is 0 Å². The van der Waals surface area contributed by atoms with Crippen LogP contribution in [0, 0.1) is 0 Å². The first-order valence-electron chi connectivity index (χ1n) is 9.27. The van der Waals surface area contributed by atoms with Gasteiger partial charge in [0.2, 0.25) is 0 Å². The highest BCUT2D eigenvalue weighted by molar-refractivity contribution is 9.10. The second-order valence-electron chi connectivity index (χ2n) is 6.79. The fourth-order valence-corrected chi connectivity index (χ4v) is 3.84. The Labute approximate surface area is 182 Å². The number of aliphatic hydroxyl groups is 1. The third kappa shape index (κ3) is 3.50. The van der Waals surface area contributed by atoms with Crippen molar-refractivity contribution < 1.29 is 19.4 Å². The van der Waals surface area contributed by atoms with Gasteiger partial charge in [-0.2, -0.15) is 0 Å². The largest absolute Gasteiger partial charge is 0.507 e. The van der Waals surface area contributed by atoms with Crippen LogP contribution in [0.2, 0.25) is 0 Å². The van der Waals surface area contributed by atoms with Gasteiger partial charge in [-0.1, -0.05) is 64.5 Å². The number of ether oxygens (including phenoxy) is 1. The summed E-state index contributed by atoms with van der Waals surface area (Å²) >= 11 is 3.41. The molecule has 1 aliphatic rings. The molecule has 5 nitrogen and oxygen atoms in total. The van der Waals surface area contributed by atoms with Crippen molar-refractivity contribution >= 4 is 39.1 Å². The van der Waals surface area contributed by atoms with Crippen LogP contribution >= 0.6 is 15.9 Å². The number of halogens is 1. The van der Waals surface area contributed by atoms with Gasteiger partial charge in [0.25, 0.3) is 11.7 Å². The van der Waals surface area contributed by atoms with Crippen molar-refractivity contribution in [2.45, 2.75) is 6.04 Å². The number of rotatable bonds is 4. The van der Waals surface area contributed by atoms with Crippen LogP contribution in [0.4, 0.5) is 5.69 Å². The number of aliphatic hydroxyl groups excluding tert-OH is 1. The molecule has 3 aromatic rings. The molecule has 6 heteroatoms. The monoisotopic (exact) mass is 463 g/mol. The molecule has 30 heavy (non-hydrogen) atoms. The van der Waals surface area contributed by atoms with Crippen molar-refractivity contribution in [3.8, 4) is 5.75 Å². The number of Topliss-reactive ketones (excluding diaryl/α,β-unsaturated/α-hetero) is 1. The molecular formula is C24H18BrNO4. The number of amides is 1. The molecule has 0 aromatic heterocycles. The van der Waals surface area contributed by atoms with E-state index in [1.165, 1.54) is 12.0 Å². The van der Waals surface area contributed by atoms with Crippen LogP contribution < -0.4 is 9.64 Å². The van der Waals surface area contributed by atoms with Crippen LogP contribution in [0.5, 0.6) is 5.75 Å². The molecule has 1 saturated heterocycles. The van der Waals surface area contributed by atoms with E-state index in [-0.39, 0.29) is 11.3 Å². The van der Waals surface area contributed by atoms with Crippen LogP contribution in [0.3, 0.4) is 0 Å². The van der Waals surface area contributed by atoms with Gasteiger partial charge in [0, 0.05) is 21.8 Å². The summed E-state index contributed by atoms with van der Waals surface area (Å²) in [6.07, 6.45) is 0. The molecule has 1 fully saturated rings. The summed E-state index contributed by atoms with van der Waals surface area (Å²) < 4.78 is 6.15. The Bertz CT molecular complexity index is 1140. The fraction of sp³-hybridized carbons (Fsp3) is 0.0833. The normalized spacial score (nSPS) is 17.9. The molecule has 0 spiro atoms. The Balaban J connectivity index is 1.94. The third-order valence-electron chi connectivity index (χ3n) is 5.01. The lowest BCUT2D eigenvalue weighted by Crippen LogP contribution is -2.29. The maximum atomic E-state index is 13.1. The highest BCUT2D eigenvalue weighted by Gasteiger charge is 2.47. The maximum Gasteiger partial charge on any atom is 0.300 e. The molecule has 0 radical (unpaired) electrons. The Morgan fingerprint density at radius 1 is 0.967 bits per heavy atom. The molecule has 4 rings (SSSR count). The van der Waals surface area contributed by atoms with E-state index in [2.05, 4.69) is 15.9 Å². The second kappa shape index (κ2) is 8.16. The number of ketones is 1. The molecule has 0 bridgehead atoms. The smallest absolute Gasteiger partial charge is 0.300 e. The van der Waals surface area contributed by atoms with E-state index in [1.54, 1.807) is 48.5 Å². The number of anilines is 1. The highest BCUT2D eigenvalue weighted by atomic mass is 79.9. The lowest BCUT2D eigenvalue weighted by molar-refractivity contribution is -0.132. The van der Waals surface area contributed by atoms with Gasteiger partial charge < -0.3 is 9.84 Å². The SMILES string of the molecule is COc1cccc(N2C(=O)C(=O)/C(=C(/O)c3ccccc3)[C@H]2c2ccc(Br)cc2)c1. The molecule has 1 N–H and O–H groups in total. The fourth-order valence-electron chi connectivity index (χ4n) is 3.57. The average Bonchev–Trinajstić information content (AvgIpc) is 3.05. The first-order chi connectivity index (χ1) is 14.5. The topological polar surface area (TPSA) is 66.8 Å². The van der Waals surface area contributed by atoms with Gasteiger partial charge in [-0.15, -0.1) is 0 Å². The van der Waals surface area contributed by atoms with Crippen LogP contribution in [-0.2, 0) is 9.59 Å². The van der Waals surface area contributed by atoms with Gasteiger partial charge in [0.05, 0.1) is 18.7 Å². The molecule has 1 heterocycles. The minimum atomic E-state index is -0.773. The zero-order chi connectivity index (χ0) is 21.3. The van der Waals surface area contributed by atoms with Crippen molar-refractivity contribution in [3.05, 3.63) is 100 Å². The molecule has 1 aliphatic heterocycles. The molecule has 0 unspecified atom stereocenters. The van der Waals surface area contributed by atoms with Gasteiger partial charge >= 0.3 is 0 Å². The Kier molecular flexibility index (Phi) is 5.42. The second-order valence-corrected chi connectivity index (χ2v) is 7.70. The van der Waals surface area contributed by atoms with E-state index < -0.39 is 17.7 Å². The average molecular weight is 464 g/mol. The molecule has 3 aromatic carbocycles. The Hall–Kier alpha value is -3.38. The molecule has 150 valence electrons. The molecular weight excluding hydrogens is 446 g/mol. The zero-order valence-corrected chi connectivity index (χ0v) is 17.7. The molecule has 0 aliphatic carbocycles. The van der Waals surface area contributed by atoms with Gasteiger partial charge in [-0.25, -0.2) is 0 Å². The van der Waals surface area contributed by atoms with E-state index in [0.29, 0.717) is 22.6 Å². The van der Waals surface area contributed by atoms with Crippen molar-refractivity contribution in [3.63, 3.8) is 0 Å². The standard InChI is InChI=1S/C24H18BrNO4/c1-30-19-9-5-8-18(14-19)26-21(15-10-12-17(25)13-11-15)20(23(28)24(26)29)22(27)16-6-3-2-4-7-16/h2-14,21,27H,1H3/b22-20+/t21-/m1/s1. The van der Waals surface area contributed by atoms with Crippen LogP contribution in [-0.4, -0.2) is 23.9 Å². The summed E-state index contributed by atoms with van der Waals surface area (Å²) in [6.45, 7) is 0. The summed E-state index contributed by atoms with van der Waals surface area (Å²) in [7, 11) is 1.54. The van der Waals surface area contributed by atoms with Crippen molar-refractivity contribution in [1.29, 1.82) is 0 Å². The third-order valence-corrected chi connectivity index (χ3v) is 5.54. The lowest BCUT2D eigenvalue weighted by Gasteiger charge is -2.25. The van der Waals surface area contributed by atoms with Crippen molar-refractivity contribution in [1.82, 2.24) is 0 Å². The van der Waals surface area contributed by atoms with E-state index in [1.807, 2.05) is 30.3 Å². The first kappa shape index (κ1) is 19.9. The predicted molar refractivity (Wildman–Crippen MR) is 118 cm³/mol. The summed E-state index contributed by atoms with van der Waals surface area (Å²) in [5.41, 5.74) is 1.74. The Morgan fingerprint density at radius 3 is 2.33 bits per heavy atom. The minimum Gasteiger partial charge on any atom is -0.507 e. The van der Waals surface area contributed by atoms with Gasteiger partial charge in [0.1, 0.15) is 11.5 Å². The molecule has 0 saturated carbocycles. The summed E-state index contributed by atoms with van der Waals surface area (Å²) in [6, 6.07) is 22.3. The highest BCUT2D eigenvalue weighted by Crippen LogP contribution is 2.42. The van der Waals surface area contributed by atoms with Gasteiger partial charge in [0.15, 0.2) is 0 Å². The van der Waals surface area contributed by atoms with Crippen molar-refractivity contribution in [2.24, 2.45) is 0 Å². The number of carbonyl (C=O) groups is 2. The van der Waals surface area contributed by atoms with E-state index in [9.17, 15) is 14.7 Å². The quantitative estimate of drug-likeness (QED) is 0.332. The number of nitrogens with zero attached hydrogens (tertiary/aromatic N) is 1. The van der Waals surface area contributed by atoms with Crippen molar-refractivity contribution in [2.75, 3.05) is 12.0 Å². The number of carbonyl (C=O) groups excluding carboxylic acids is 2. The molecule has 1 atom stereocenters. The van der Waals surface area contributed by atoms with Gasteiger partial charge in [-0.3, -0.25) is 14.5 Å². The summed E-state index contributed by atoms with van der Waals surface area (Å²) in [5, 5.41) is 11.0. The Morgan fingerprint density at radius 2 is 1.67 bits per heavy atom. The van der Waals surface area contributed by atoms with E-state index in [0.717, 1.165) is 4.47 Å². The summed E-state index contributed by atoms with van der Waals surface area (Å²) in [5.74, 6) is -1.07. The lowest BCUT2D eigenvalue weighted by atomic mass is 9.95. The zero-order valence-electron chi connectivity index (χ0n) is 16.1. The maximum absolute atomic E-state index is 13.1. The number of hydrogen-bond acceptors (Lipinski definition) is 4.